The molecule has 2 bridgehead atoms. The van der Waals surface area contributed by atoms with Crippen LogP contribution in [0.15, 0.2) is 78.2 Å². The average molecular weight is 616 g/mol. The van der Waals surface area contributed by atoms with E-state index < -0.39 is 0 Å². The first-order valence-electron chi connectivity index (χ1n) is 13.9. The number of fused-ring (bicyclic) bond motifs is 4. The Kier molecular flexibility index (Phi) is 8.07. The normalized spacial score (nSPS) is 17.0. The molecule has 0 spiro atoms. The predicted octanol–water partition coefficient (Wildman–Crippen LogP) is 5.67. The van der Waals surface area contributed by atoms with Gasteiger partial charge in [0.05, 0.1) is 29.9 Å². The number of carbonyl (C=O) groups is 1. The first-order valence-corrected chi connectivity index (χ1v) is 14.6. The lowest BCUT2D eigenvalue weighted by Gasteiger charge is -2.23. The highest BCUT2D eigenvalue weighted by atomic mass is 35.5. The number of nitrogens with two attached hydrogens (primary N) is 1. The summed E-state index contributed by atoms with van der Waals surface area (Å²) in [5.74, 6) is -0.291. The van der Waals surface area contributed by atoms with Gasteiger partial charge in [-0.25, -0.2) is 9.67 Å². The lowest BCUT2D eigenvalue weighted by atomic mass is 9.93. The minimum absolute atomic E-state index is 0.0640. The van der Waals surface area contributed by atoms with Crippen LogP contribution >= 0.6 is 23.2 Å². The van der Waals surface area contributed by atoms with E-state index in [2.05, 4.69) is 25.6 Å². The van der Waals surface area contributed by atoms with Crippen molar-refractivity contribution < 1.29 is 4.79 Å². The summed E-state index contributed by atoms with van der Waals surface area (Å²) >= 11 is 12.3. The van der Waals surface area contributed by atoms with Gasteiger partial charge in [-0.05, 0) is 54.3 Å². The largest absolute Gasteiger partial charge is 0.326 e. The van der Waals surface area contributed by atoms with Gasteiger partial charge in [0, 0.05) is 58.3 Å². The molecule has 12 heteroatoms. The van der Waals surface area contributed by atoms with Crippen LogP contribution in [0, 0.1) is 5.92 Å². The summed E-state index contributed by atoms with van der Waals surface area (Å²) in [6, 6.07) is 14.1. The van der Waals surface area contributed by atoms with Crippen LogP contribution in [0.4, 0.5) is 5.69 Å². The third-order valence-corrected chi connectivity index (χ3v) is 8.12. The van der Waals surface area contributed by atoms with Gasteiger partial charge in [-0.2, -0.15) is 0 Å². The summed E-state index contributed by atoms with van der Waals surface area (Å²) in [6.07, 6.45) is 8.62. The molecule has 1 aliphatic rings. The number of aromatic nitrogens is 6. The molecule has 4 heterocycles. The van der Waals surface area contributed by atoms with Gasteiger partial charge in [-0.3, -0.25) is 19.1 Å². The van der Waals surface area contributed by atoms with E-state index in [1.807, 2.05) is 31.2 Å². The van der Waals surface area contributed by atoms with Crippen LogP contribution in [0.1, 0.15) is 43.4 Å². The Morgan fingerprint density at radius 1 is 1.02 bits per heavy atom. The number of amides is 1. The summed E-state index contributed by atoms with van der Waals surface area (Å²) in [4.78, 5) is 36.0. The maximum absolute atomic E-state index is 13.7. The molecule has 3 N–H and O–H groups in total. The van der Waals surface area contributed by atoms with Crippen LogP contribution in [0.25, 0.3) is 28.1 Å². The lowest BCUT2D eigenvalue weighted by Crippen LogP contribution is -2.26. The number of pyridine rings is 1. The van der Waals surface area contributed by atoms with Crippen molar-refractivity contribution in [2.24, 2.45) is 11.7 Å². The van der Waals surface area contributed by atoms with Crippen LogP contribution in [0.2, 0.25) is 10.2 Å². The molecule has 43 heavy (non-hydrogen) atoms. The number of nitrogens with zero attached hydrogens (tertiary/aromatic N) is 6. The zero-order valence-electron chi connectivity index (χ0n) is 23.2. The fraction of sp³-hybridized carbons (Fsp3) is 0.226. The highest BCUT2D eigenvalue weighted by Gasteiger charge is 2.23. The van der Waals surface area contributed by atoms with E-state index in [-0.39, 0.29) is 28.6 Å². The fourth-order valence-electron chi connectivity index (χ4n) is 5.40. The van der Waals surface area contributed by atoms with Crippen molar-refractivity contribution in [1.29, 1.82) is 0 Å². The molecule has 1 aliphatic heterocycles. The fourth-order valence-corrected chi connectivity index (χ4v) is 5.70. The summed E-state index contributed by atoms with van der Waals surface area (Å²) in [5.41, 5.74) is 11.4. The first kappa shape index (κ1) is 28.7. The molecule has 5 aromatic rings. The molecule has 1 amide bonds. The van der Waals surface area contributed by atoms with Crippen molar-refractivity contribution in [3.05, 3.63) is 105 Å². The number of carbonyl (C=O) groups excluding carboxylic acids is 1. The van der Waals surface area contributed by atoms with Crippen LogP contribution < -0.4 is 16.6 Å². The molecule has 6 rings (SSSR count). The van der Waals surface area contributed by atoms with Gasteiger partial charge >= 0.3 is 0 Å². The first-order chi connectivity index (χ1) is 20.8. The Hall–Kier alpha value is -4.38. The average Bonchev–Trinajstić information content (AvgIpc) is 3.44. The van der Waals surface area contributed by atoms with E-state index in [0.29, 0.717) is 53.5 Å². The quantitative estimate of drug-likeness (QED) is 0.266. The molecule has 0 saturated carbocycles. The van der Waals surface area contributed by atoms with E-state index in [4.69, 9.17) is 28.9 Å². The summed E-state index contributed by atoms with van der Waals surface area (Å²) in [5, 5.41) is 11.7. The molecule has 10 nitrogen and oxygen atoms in total. The molecule has 2 atom stereocenters. The SMILES string of the molecule is C[C@@H]1CCC[C@H](n2cnc(-c3cc(Cl)ccc3-n3cc(Cl)nn3)cc2=O)c2cncc(c2)-c2ccc(CN)cc2NC1=O. The zero-order chi connectivity index (χ0) is 30.1. The third kappa shape index (κ3) is 5.94. The van der Waals surface area contributed by atoms with Crippen molar-refractivity contribution in [2.75, 3.05) is 5.32 Å². The standard InChI is InChI=1S/C31H28Cl2N8O2/c1-18-3-2-4-27(21-10-20(14-35-15-21)23-7-5-19(13-34)9-26(23)37-31(18)43)40-17-36-25(12-30(40)42)24-11-22(32)6-8-28(24)41-16-29(33)38-39-41/h5-12,14-18,27H,2-4,13,34H2,1H3,(H,37,43)/t18-,27+/m1/s1. The molecule has 2 aromatic carbocycles. The minimum Gasteiger partial charge on any atom is -0.326 e. The van der Waals surface area contributed by atoms with Crippen molar-refractivity contribution in [1.82, 2.24) is 29.5 Å². The Labute approximate surface area is 257 Å². The highest BCUT2D eigenvalue weighted by molar-refractivity contribution is 6.31. The van der Waals surface area contributed by atoms with Crippen molar-refractivity contribution in [3.63, 3.8) is 0 Å². The van der Waals surface area contributed by atoms with E-state index in [0.717, 1.165) is 22.3 Å². The second-order valence-electron chi connectivity index (χ2n) is 10.6. The van der Waals surface area contributed by atoms with Crippen molar-refractivity contribution in [3.8, 4) is 28.1 Å². The summed E-state index contributed by atoms with van der Waals surface area (Å²) in [6.45, 7) is 2.27. The molecule has 0 fully saturated rings. The lowest BCUT2D eigenvalue weighted by molar-refractivity contribution is -0.119. The van der Waals surface area contributed by atoms with Crippen molar-refractivity contribution in [2.45, 2.75) is 38.8 Å². The molecule has 0 unspecified atom stereocenters. The Bertz CT molecular complexity index is 1890. The van der Waals surface area contributed by atoms with E-state index in [1.54, 1.807) is 47.7 Å². The maximum atomic E-state index is 13.7. The Balaban J connectivity index is 1.43. The summed E-state index contributed by atoms with van der Waals surface area (Å²) in [7, 11) is 0. The van der Waals surface area contributed by atoms with Crippen LogP contribution in [0.5, 0.6) is 0 Å². The number of rotatable bonds is 4. The smallest absolute Gasteiger partial charge is 0.254 e. The molecule has 0 saturated heterocycles. The Morgan fingerprint density at radius 2 is 1.88 bits per heavy atom. The van der Waals surface area contributed by atoms with Crippen molar-refractivity contribution >= 4 is 34.8 Å². The van der Waals surface area contributed by atoms with Crippen LogP contribution in [0.3, 0.4) is 0 Å². The molecular formula is C31H28Cl2N8O2. The van der Waals surface area contributed by atoms with Gasteiger partial charge in [-0.1, -0.05) is 53.9 Å². The summed E-state index contributed by atoms with van der Waals surface area (Å²) < 4.78 is 3.13. The maximum Gasteiger partial charge on any atom is 0.254 e. The predicted molar refractivity (Wildman–Crippen MR) is 166 cm³/mol. The third-order valence-electron chi connectivity index (χ3n) is 7.71. The van der Waals surface area contributed by atoms with Gasteiger partial charge in [0.1, 0.15) is 0 Å². The number of hydrogen-bond donors (Lipinski definition) is 2. The van der Waals surface area contributed by atoms with E-state index in [1.165, 1.54) is 10.7 Å². The number of hydrogen-bond acceptors (Lipinski definition) is 7. The minimum atomic E-state index is -0.351. The van der Waals surface area contributed by atoms with Gasteiger partial charge in [-0.15, -0.1) is 5.10 Å². The number of anilines is 1. The highest BCUT2D eigenvalue weighted by Crippen LogP contribution is 2.34. The Morgan fingerprint density at radius 3 is 2.65 bits per heavy atom. The zero-order valence-corrected chi connectivity index (χ0v) is 24.8. The van der Waals surface area contributed by atoms with E-state index in [9.17, 15) is 9.59 Å². The van der Waals surface area contributed by atoms with Gasteiger partial charge < -0.3 is 11.1 Å². The molecular weight excluding hydrogens is 587 g/mol. The topological polar surface area (TPSA) is 134 Å². The number of halogens is 2. The second-order valence-corrected chi connectivity index (χ2v) is 11.4. The van der Waals surface area contributed by atoms with Crippen LogP contribution in [-0.4, -0.2) is 35.4 Å². The van der Waals surface area contributed by atoms with Gasteiger partial charge in [0.25, 0.3) is 5.56 Å². The number of benzene rings is 2. The van der Waals surface area contributed by atoms with Crippen LogP contribution in [-0.2, 0) is 11.3 Å². The number of nitrogens with one attached hydrogen (secondary N) is 1. The van der Waals surface area contributed by atoms with E-state index >= 15 is 0 Å². The monoisotopic (exact) mass is 614 g/mol. The van der Waals surface area contributed by atoms with Gasteiger partial charge in [0.15, 0.2) is 5.15 Å². The second kappa shape index (κ2) is 12.1. The molecule has 3 aromatic heterocycles. The molecule has 218 valence electrons. The van der Waals surface area contributed by atoms with Gasteiger partial charge in [0.2, 0.25) is 5.91 Å². The molecule has 0 aliphatic carbocycles. The molecule has 0 radical (unpaired) electrons.